The van der Waals surface area contributed by atoms with Gasteiger partial charge in [0, 0.05) is 25.2 Å². The lowest BCUT2D eigenvalue weighted by molar-refractivity contribution is 0.122. The Labute approximate surface area is 124 Å². The average molecular weight is 288 g/mol. The maximum absolute atomic E-state index is 5.35. The highest BCUT2D eigenvalue weighted by molar-refractivity contribution is 5.49. The predicted octanol–water partition coefficient (Wildman–Crippen LogP) is 2.14. The topological polar surface area (TPSA) is 63.4 Å². The molecule has 2 aromatic rings. The first-order chi connectivity index (χ1) is 10.2. The highest BCUT2D eigenvalue weighted by Gasteiger charge is 2.12. The van der Waals surface area contributed by atoms with E-state index < -0.39 is 0 Å². The maximum Gasteiger partial charge on any atom is 0.138 e. The Morgan fingerprint density at radius 1 is 1.24 bits per heavy atom. The van der Waals surface area contributed by atoms with Crippen molar-refractivity contribution in [2.24, 2.45) is 0 Å². The van der Waals surface area contributed by atoms with Crippen molar-refractivity contribution in [3.05, 3.63) is 35.3 Å². The van der Waals surface area contributed by atoms with Gasteiger partial charge in [0.2, 0.25) is 0 Å². The van der Waals surface area contributed by atoms with Crippen molar-refractivity contribution in [3.63, 3.8) is 0 Å². The zero-order chi connectivity index (χ0) is 14.7. The van der Waals surface area contributed by atoms with E-state index in [9.17, 15) is 0 Å². The average Bonchev–Trinajstić information content (AvgIpc) is 2.85. The van der Waals surface area contributed by atoms with Crippen molar-refractivity contribution >= 4 is 11.5 Å². The van der Waals surface area contributed by atoms with Crippen LogP contribution in [0.2, 0.25) is 0 Å². The SMILES string of the molecule is Cc1noc(C)c1CNc1ccc(N2CCOCC2)nc1. The zero-order valence-corrected chi connectivity index (χ0v) is 12.4. The Balaban J connectivity index is 1.62. The molecule has 0 amide bonds. The first kappa shape index (κ1) is 13.9. The van der Waals surface area contributed by atoms with Crippen LogP contribution in [0, 0.1) is 13.8 Å². The molecule has 2 aromatic heterocycles. The number of morpholine rings is 1. The van der Waals surface area contributed by atoms with Crippen LogP contribution in [0.1, 0.15) is 17.0 Å². The van der Waals surface area contributed by atoms with Gasteiger partial charge in [-0.3, -0.25) is 0 Å². The Bertz CT molecular complexity index is 569. The minimum absolute atomic E-state index is 0.694. The Kier molecular flexibility index (Phi) is 4.06. The Morgan fingerprint density at radius 2 is 2.05 bits per heavy atom. The van der Waals surface area contributed by atoms with Crippen molar-refractivity contribution in [1.29, 1.82) is 0 Å². The summed E-state index contributed by atoms with van der Waals surface area (Å²) in [4.78, 5) is 6.75. The van der Waals surface area contributed by atoms with Crippen LogP contribution in [-0.2, 0) is 11.3 Å². The van der Waals surface area contributed by atoms with Gasteiger partial charge in [-0.05, 0) is 26.0 Å². The monoisotopic (exact) mass is 288 g/mol. The molecule has 1 aliphatic heterocycles. The van der Waals surface area contributed by atoms with Crippen LogP contribution in [0.3, 0.4) is 0 Å². The number of aromatic nitrogens is 2. The molecule has 1 saturated heterocycles. The molecule has 3 rings (SSSR count). The van der Waals surface area contributed by atoms with Crippen molar-refractivity contribution in [3.8, 4) is 0 Å². The number of aryl methyl sites for hydroxylation is 2. The van der Waals surface area contributed by atoms with Gasteiger partial charge in [-0.2, -0.15) is 0 Å². The smallest absolute Gasteiger partial charge is 0.138 e. The minimum atomic E-state index is 0.694. The van der Waals surface area contributed by atoms with E-state index in [1.165, 1.54) is 0 Å². The summed E-state index contributed by atoms with van der Waals surface area (Å²) in [6.45, 7) is 7.92. The number of nitrogens with zero attached hydrogens (tertiary/aromatic N) is 3. The molecular weight excluding hydrogens is 268 g/mol. The molecule has 0 unspecified atom stereocenters. The van der Waals surface area contributed by atoms with Crippen molar-refractivity contribution in [2.75, 3.05) is 36.5 Å². The van der Waals surface area contributed by atoms with Crippen LogP contribution in [0.4, 0.5) is 11.5 Å². The number of hydrogen-bond donors (Lipinski definition) is 1. The van der Waals surface area contributed by atoms with Gasteiger partial charge in [-0.15, -0.1) is 0 Å². The van der Waals surface area contributed by atoms with Gasteiger partial charge in [-0.25, -0.2) is 4.98 Å². The van der Waals surface area contributed by atoms with E-state index >= 15 is 0 Å². The van der Waals surface area contributed by atoms with Gasteiger partial charge in [0.25, 0.3) is 0 Å². The fourth-order valence-corrected chi connectivity index (χ4v) is 2.41. The molecule has 1 N–H and O–H groups in total. The lowest BCUT2D eigenvalue weighted by Gasteiger charge is -2.27. The highest BCUT2D eigenvalue weighted by Crippen LogP contribution is 2.18. The van der Waals surface area contributed by atoms with Gasteiger partial charge in [0.1, 0.15) is 11.6 Å². The zero-order valence-electron chi connectivity index (χ0n) is 12.4. The molecule has 21 heavy (non-hydrogen) atoms. The van der Waals surface area contributed by atoms with E-state index in [-0.39, 0.29) is 0 Å². The largest absolute Gasteiger partial charge is 0.380 e. The van der Waals surface area contributed by atoms with Crippen molar-refractivity contribution in [1.82, 2.24) is 10.1 Å². The quantitative estimate of drug-likeness (QED) is 0.930. The lowest BCUT2D eigenvalue weighted by atomic mass is 10.2. The third kappa shape index (κ3) is 3.16. The number of anilines is 2. The first-order valence-corrected chi connectivity index (χ1v) is 7.18. The van der Waals surface area contributed by atoms with Gasteiger partial charge < -0.3 is 19.5 Å². The summed E-state index contributed by atoms with van der Waals surface area (Å²) in [5.41, 5.74) is 3.03. The van der Waals surface area contributed by atoms with Crippen LogP contribution < -0.4 is 10.2 Å². The molecule has 6 nitrogen and oxygen atoms in total. The second kappa shape index (κ2) is 6.13. The Morgan fingerprint density at radius 3 is 2.67 bits per heavy atom. The number of ether oxygens (including phenoxy) is 1. The van der Waals surface area contributed by atoms with Crippen molar-refractivity contribution < 1.29 is 9.26 Å². The molecule has 1 aliphatic rings. The predicted molar refractivity (Wildman–Crippen MR) is 80.6 cm³/mol. The van der Waals surface area contributed by atoms with Crippen molar-refractivity contribution in [2.45, 2.75) is 20.4 Å². The summed E-state index contributed by atoms with van der Waals surface area (Å²) >= 11 is 0. The minimum Gasteiger partial charge on any atom is -0.380 e. The molecule has 0 atom stereocenters. The summed E-state index contributed by atoms with van der Waals surface area (Å²) in [5, 5.41) is 7.31. The summed E-state index contributed by atoms with van der Waals surface area (Å²) < 4.78 is 10.5. The van der Waals surface area contributed by atoms with Gasteiger partial charge >= 0.3 is 0 Å². The molecule has 112 valence electrons. The van der Waals surface area contributed by atoms with E-state index in [0.717, 1.165) is 54.8 Å². The Hall–Kier alpha value is -2.08. The molecular formula is C15H20N4O2. The van der Waals surface area contributed by atoms with E-state index in [1.807, 2.05) is 26.1 Å². The standard InChI is InChI=1S/C15H20N4O2/c1-11-14(12(2)21-18-11)10-16-13-3-4-15(17-9-13)19-5-7-20-8-6-19/h3-4,9,16H,5-8,10H2,1-2H3. The fourth-order valence-electron chi connectivity index (χ4n) is 2.41. The van der Waals surface area contributed by atoms with Crippen LogP contribution in [0.25, 0.3) is 0 Å². The molecule has 0 aliphatic carbocycles. The highest BCUT2D eigenvalue weighted by atomic mass is 16.5. The normalized spacial score (nSPS) is 15.2. The number of pyridine rings is 1. The second-order valence-corrected chi connectivity index (χ2v) is 5.16. The summed E-state index contributed by atoms with van der Waals surface area (Å²) in [7, 11) is 0. The molecule has 0 saturated carbocycles. The van der Waals surface area contributed by atoms with Gasteiger partial charge in [0.15, 0.2) is 0 Å². The van der Waals surface area contributed by atoms with E-state index in [4.69, 9.17) is 9.26 Å². The fraction of sp³-hybridized carbons (Fsp3) is 0.467. The maximum atomic E-state index is 5.35. The van der Waals surface area contributed by atoms with Crippen LogP contribution in [0.5, 0.6) is 0 Å². The lowest BCUT2D eigenvalue weighted by Crippen LogP contribution is -2.36. The molecule has 0 radical (unpaired) electrons. The second-order valence-electron chi connectivity index (χ2n) is 5.16. The summed E-state index contributed by atoms with van der Waals surface area (Å²) in [6.07, 6.45) is 1.86. The number of hydrogen-bond acceptors (Lipinski definition) is 6. The number of nitrogens with one attached hydrogen (secondary N) is 1. The van der Waals surface area contributed by atoms with Crippen LogP contribution in [-0.4, -0.2) is 36.4 Å². The molecule has 0 spiro atoms. The van der Waals surface area contributed by atoms with Crippen LogP contribution in [0.15, 0.2) is 22.9 Å². The van der Waals surface area contributed by atoms with Crippen LogP contribution >= 0.6 is 0 Å². The first-order valence-electron chi connectivity index (χ1n) is 7.18. The third-order valence-corrected chi connectivity index (χ3v) is 3.73. The molecule has 1 fully saturated rings. The molecule has 0 aromatic carbocycles. The van der Waals surface area contributed by atoms with E-state index in [2.05, 4.69) is 26.4 Å². The number of rotatable bonds is 4. The van der Waals surface area contributed by atoms with E-state index in [0.29, 0.717) is 6.54 Å². The van der Waals surface area contributed by atoms with E-state index in [1.54, 1.807) is 0 Å². The van der Waals surface area contributed by atoms with Gasteiger partial charge in [0.05, 0.1) is 30.8 Å². The summed E-state index contributed by atoms with van der Waals surface area (Å²) in [5.74, 6) is 1.86. The molecule has 0 bridgehead atoms. The molecule has 3 heterocycles. The third-order valence-electron chi connectivity index (χ3n) is 3.73. The van der Waals surface area contributed by atoms with Gasteiger partial charge in [-0.1, -0.05) is 5.16 Å². The summed E-state index contributed by atoms with van der Waals surface area (Å²) in [6, 6.07) is 4.09. The molecule has 6 heteroatoms.